The van der Waals surface area contributed by atoms with Crippen LogP contribution in [-0.4, -0.2) is 26.3 Å². The van der Waals surface area contributed by atoms with Gasteiger partial charge >= 0.3 is 0 Å². The van der Waals surface area contributed by atoms with Gasteiger partial charge in [0.15, 0.2) is 0 Å². The summed E-state index contributed by atoms with van der Waals surface area (Å²) in [6, 6.07) is 0.734. The first kappa shape index (κ1) is 12.0. The van der Waals surface area contributed by atoms with Crippen molar-refractivity contribution in [3.05, 3.63) is 0 Å². The van der Waals surface area contributed by atoms with E-state index in [0.29, 0.717) is 0 Å². The Morgan fingerprint density at radius 1 is 1.36 bits per heavy atom. The number of ether oxygens (including phenoxy) is 1. The molecule has 0 spiro atoms. The van der Waals surface area contributed by atoms with Crippen LogP contribution >= 0.6 is 0 Å². The summed E-state index contributed by atoms with van der Waals surface area (Å²) < 4.78 is 5.36. The highest BCUT2D eigenvalue weighted by molar-refractivity contribution is 4.79. The minimum atomic E-state index is 0.734. The van der Waals surface area contributed by atoms with E-state index in [1.807, 2.05) is 0 Å². The zero-order valence-corrected chi connectivity index (χ0v) is 9.72. The van der Waals surface area contributed by atoms with E-state index in [9.17, 15) is 0 Å². The molecule has 0 radical (unpaired) electrons. The highest BCUT2D eigenvalue weighted by Crippen LogP contribution is 2.29. The zero-order chi connectivity index (χ0) is 10.2. The van der Waals surface area contributed by atoms with E-state index >= 15 is 0 Å². The molecule has 0 bridgehead atoms. The van der Waals surface area contributed by atoms with E-state index in [0.717, 1.165) is 25.2 Å². The molecule has 0 aromatic rings. The summed E-state index contributed by atoms with van der Waals surface area (Å²) in [5.41, 5.74) is 0. The first-order valence-corrected chi connectivity index (χ1v) is 6.13. The Morgan fingerprint density at radius 3 is 2.64 bits per heavy atom. The van der Waals surface area contributed by atoms with Gasteiger partial charge in [0.25, 0.3) is 0 Å². The van der Waals surface area contributed by atoms with Crippen molar-refractivity contribution < 1.29 is 4.74 Å². The maximum Gasteiger partial charge on any atom is 0.0466 e. The maximum absolute atomic E-state index is 5.36. The number of rotatable bonds is 7. The van der Waals surface area contributed by atoms with Crippen LogP contribution < -0.4 is 5.32 Å². The molecule has 14 heavy (non-hydrogen) atoms. The van der Waals surface area contributed by atoms with Crippen LogP contribution in [0.4, 0.5) is 0 Å². The minimum Gasteiger partial charge on any atom is -0.382 e. The predicted octanol–water partition coefficient (Wildman–Crippen LogP) is 2.58. The Hall–Kier alpha value is -0.0800. The molecule has 84 valence electrons. The van der Waals surface area contributed by atoms with Crippen LogP contribution in [0, 0.1) is 5.92 Å². The van der Waals surface area contributed by atoms with Gasteiger partial charge in [0.05, 0.1) is 0 Å². The van der Waals surface area contributed by atoms with Gasteiger partial charge in [0, 0.05) is 19.3 Å². The van der Waals surface area contributed by atoms with Crippen molar-refractivity contribution in [2.45, 2.75) is 51.5 Å². The number of hydrogen-bond acceptors (Lipinski definition) is 2. The summed E-state index contributed by atoms with van der Waals surface area (Å²) in [4.78, 5) is 0. The first-order valence-electron chi connectivity index (χ1n) is 6.13. The van der Waals surface area contributed by atoms with Crippen molar-refractivity contribution in [2.75, 3.05) is 20.3 Å². The van der Waals surface area contributed by atoms with E-state index in [4.69, 9.17) is 4.74 Å². The molecule has 0 amide bonds. The fraction of sp³-hybridized carbons (Fsp3) is 1.00. The molecule has 0 saturated heterocycles. The lowest BCUT2D eigenvalue weighted by atomic mass is 9.94. The Morgan fingerprint density at radius 2 is 2.07 bits per heavy atom. The van der Waals surface area contributed by atoms with Crippen LogP contribution in [0.2, 0.25) is 0 Å². The van der Waals surface area contributed by atoms with E-state index in [1.54, 1.807) is 0 Å². The largest absolute Gasteiger partial charge is 0.382 e. The average molecular weight is 199 g/mol. The van der Waals surface area contributed by atoms with Crippen LogP contribution in [0.15, 0.2) is 0 Å². The topological polar surface area (TPSA) is 21.3 Å². The zero-order valence-electron chi connectivity index (χ0n) is 9.72. The molecular formula is C12H25NO. The summed E-state index contributed by atoms with van der Waals surface area (Å²) in [6.07, 6.45) is 8.22. The number of hydrogen-bond donors (Lipinski definition) is 1. The predicted molar refractivity (Wildman–Crippen MR) is 60.5 cm³/mol. The van der Waals surface area contributed by atoms with Crippen LogP contribution in [0.1, 0.15) is 45.4 Å². The third kappa shape index (κ3) is 3.97. The Kier molecular flexibility index (Phi) is 6.20. The highest BCUT2D eigenvalue weighted by Gasteiger charge is 2.22. The molecule has 0 aromatic carbocycles. The summed E-state index contributed by atoms with van der Waals surface area (Å²) >= 11 is 0. The minimum absolute atomic E-state index is 0.734. The SMILES string of the molecule is CCOCCCC(NC)C1CCCC1. The molecule has 0 aliphatic heterocycles. The lowest BCUT2D eigenvalue weighted by Crippen LogP contribution is -2.32. The second-order valence-electron chi connectivity index (χ2n) is 4.28. The van der Waals surface area contributed by atoms with Crippen molar-refractivity contribution in [3.63, 3.8) is 0 Å². The molecule has 1 unspecified atom stereocenters. The van der Waals surface area contributed by atoms with Crippen LogP contribution in [-0.2, 0) is 4.74 Å². The highest BCUT2D eigenvalue weighted by atomic mass is 16.5. The molecule has 0 aromatic heterocycles. The summed E-state index contributed by atoms with van der Waals surface area (Å²) in [5, 5.41) is 3.47. The lowest BCUT2D eigenvalue weighted by molar-refractivity contribution is 0.138. The molecule has 2 nitrogen and oxygen atoms in total. The van der Waals surface area contributed by atoms with Gasteiger partial charge in [-0.2, -0.15) is 0 Å². The van der Waals surface area contributed by atoms with Gasteiger partial charge in [-0.1, -0.05) is 12.8 Å². The van der Waals surface area contributed by atoms with Gasteiger partial charge in [0.1, 0.15) is 0 Å². The smallest absolute Gasteiger partial charge is 0.0466 e. The van der Waals surface area contributed by atoms with E-state index < -0.39 is 0 Å². The average Bonchev–Trinajstić information content (AvgIpc) is 2.71. The Balaban J connectivity index is 2.11. The van der Waals surface area contributed by atoms with Gasteiger partial charge < -0.3 is 10.1 Å². The molecular weight excluding hydrogens is 174 g/mol. The van der Waals surface area contributed by atoms with Gasteiger partial charge in [-0.05, 0) is 45.6 Å². The normalized spacial score (nSPS) is 20.1. The third-order valence-corrected chi connectivity index (χ3v) is 3.35. The van der Waals surface area contributed by atoms with E-state index in [-0.39, 0.29) is 0 Å². The van der Waals surface area contributed by atoms with E-state index in [1.165, 1.54) is 38.5 Å². The molecule has 1 aliphatic carbocycles. The maximum atomic E-state index is 5.36. The second-order valence-corrected chi connectivity index (χ2v) is 4.28. The van der Waals surface area contributed by atoms with Gasteiger partial charge in [-0.25, -0.2) is 0 Å². The fourth-order valence-corrected chi connectivity index (χ4v) is 2.53. The summed E-state index contributed by atoms with van der Waals surface area (Å²) in [6.45, 7) is 3.85. The van der Waals surface area contributed by atoms with Crippen LogP contribution in [0.25, 0.3) is 0 Å². The molecule has 1 saturated carbocycles. The molecule has 1 atom stereocenters. The van der Waals surface area contributed by atoms with Crippen molar-refractivity contribution in [1.82, 2.24) is 5.32 Å². The summed E-state index contributed by atoms with van der Waals surface area (Å²) in [7, 11) is 2.10. The van der Waals surface area contributed by atoms with Crippen molar-refractivity contribution in [2.24, 2.45) is 5.92 Å². The molecule has 2 heteroatoms. The van der Waals surface area contributed by atoms with Gasteiger partial charge in [-0.3, -0.25) is 0 Å². The molecule has 0 heterocycles. The van der Waals surface area contributed by atoms with Gasteiger partial charge in [0.2, 0.25) is 0 Å². The Labute approximate surface area is 88.4 Å². The number of nitrogens with one attached hydrogen (secondary N) is 1. The van der Waals surface area contributed by atoms with Crippen molar-refractivity contribution in [1.29, 1.82) is 0 Å². The van der Waals surface area contributed by atoms with Crippen LogP contribution in [0.5, 0.6) is 0 Å². The quantitative estimate of drug-likeness (QED) is 0.636. The molecule has 1 aliphatic rings. The van der Waals surface area contributed by atoms with Gasteiger partial charge in [-0.15, -0.1) is 0 Å². The fourth-order valence-electron chi connectivity index (χ4n) is 2.53. The third-order valence-electron chi connectivity index (χ3n) is 3.35. The monoisotopic (exact) mass is 199 g/mol. The van der Waals surface area contributed by atoms with Crippen molar-refractivity contribution >= 4 is 0 Å². The second kappa shape index (κ2) is 7.24. The van der Waals surface area contributed by atoms with Crippen LogP contribution in [0.3, 0.4) is 0 Å². The van der Waals surface area contributed by atoms with E-state index in [2.05, 4.69) is 19.3 Å². The first-order chi connectivity index (χ1) is 6.88. The molecule has 1 N–H and O–H groups in total. The summed E-state index contributed by atoms with van der Waals surface area (Å²) in [5.74, 6) is 0.932. The lowest BCUT2D eigenvalue weighted by Gasteiger charge is -2.22. The van der Waals surface area contributed by atoms with Crippen molar-refractivity contribution in [3.8, 4) is 0 Å². The molecule has 1 rings (SSSR count). The molecule has 1 fully saturated rings. The standard InChI is InChI=1S/C12H25NO/c1-3-14-10-6-9-12(13-2)11-7-4-5-8-11/h11-13H,3-10H2,1-2H3. The Bertz CT molecular complexity index is 132.